The molecular weight excluding hydrogens is 259 g/mol. The Bertz CT molecular complexity index is 428. The van der Waals surface area contributed by atoms with Crippen molar-refractivity contribution in [2.24, 2.45) is 0 Å². The van der Waals surface area contributed by atoms with Crippen molar-refractivity contribution in [3.05, 3.63) is 23.8 Å². The van der Waals surface area contributed by atoms with Gasteiger partial charge in [0.25, 0.3) is 0 Å². The van der Waals surface area contributed by atoms with Crippen LogP contribution >= 0.6 is 0 Å². The first-order valence-corrected chi connectivity index (χ1v) is 6.18. The SMILES string of the molecule is Nc1cc(C(F)(F)F)ccc1OC[C@H]1CCCCO1. The van der Waals surface area contributed by atoms with E-state index in [-0.39, 0.29) is 17.5 Å². The summed E-state index contributed by atoms with van der Waals surface area (Å²) < 4.78 is 48.3. The first kappa shape index (κ1) is 14.0. The van der Waals surface area contributed by atoms with Gasteiger partial charge in [-0.3, -0.25) is 0 Å². The standard InChI is InChI=1S/C13H16F3NO2/c14-13(15,16)9-4-5-12(11(17)7-9)19-8-10-3-1-2-6-18-10/h4-5,7,10H,1-3,6,8,17H2/t10-/m1/s1. The van der Waals surface area contributed by atoms with E-state index in [0.29, 0.717) is 13.2 Å². The molecule has 0 aliphatic carbocycles. The van der Waals surface area contributed by atoms with Crippen molar-refractivity contribution in [2.45, 2.75) is 31.5 Å². The Morgan fingerprint density at radius 1 is 1.32 bits per heavy atom. The molecule has 1 fully saturated rings. The minimum Gasteiger partial charge on any atom is -0.489 e. The Morgan fingerprint density at radius 3 is 2.68 bits per heavy atom. The highest BCUT2D eigenvalue weighted by molar-refractivity contribution is 5.54. The number of nitrogen functional groups attached to an aromatic ring is 1. The maximum absolute atomic E-state index is 12.5. The molecule has 1 aliphatic heterocycles. The highest BCUT2D eigenvalue weighted by Gasteiger charge is 2.31. The lowest BCUT2D eigenvalue weighted by atomic mass is 10.1. The van der Waals surface area contributed by atoms with Gasteiger partial charge >= 0.3 is 6.18 Å². The molecule has 1 aliphatic rings. The third kappa shape index (κ3) is 3.76. The molecule has 19 heavy (non-hydrogen) atoms. The van der Waals surface area contributed by atoms with Crippen molar-refractivity contribution in [2.75, 3.05) is 18.9 Å². The van der Waals surface area contributed by atoms with Gasteiger partial charge < -0.3 is 15.2 Å². The molecule has 3 nitrogen and oxygen atoms in total. The normalized spacial score (nSPS) is 20.3. The number of anilines is 1. The molecule has 2 N–H and O–H groups in total. The van der Waals surface area contributed by atoms with E-state index in [0.717, 1.165) is 31.4 Å². The molecule has 106 valence electrons. The molecule has 0 radical (unpaired) electrons. The van der Waals surface area contributed by atoms with Gasteiger partial charge in [0, 0.05) is 6.61 Å². The molecule has 0 unspecified atom stereocenters. The van der Waals surface area contributed by atoms with E-state index in [9.17, 15) is 13.2 Å². The fourth-order valence-electron chi connectivity index (χ4n) is 1.98. The molecule has 2 rings (SSSR count). The highest BCUT2D eigenvalue weighted by atomic mass is 19.4. The van der Waals surface area contributed by atoms with Crippen molar-refractivity contribution >= 4 is 5.69 Å². The monoisotopic (exact) mass is 275 g/mol. The second kappa shape index (κ2) is 5.69. The van der Waals surface area contributed by atoms with Gasteiger partial charge in [-0.15, -0.1) is 0 Å². The van der Waals surface area contributed by atoms with E-state index in [1.807, 2.05) is 0 Å². The quantitative estimate of drug-likeness (QED) is 0.861. The molecule has 6 heteroatoms. The van der Waals surface area contributed by atoms with Crippen molar-refractivity contribution in [3.8, 4) is 5.75 Å². The van der Waals surface area contributed by atoms with Gasteiger partial charge in [0.15, 0.2) is 0 Å². The van der Waals surface area contributed by atoms with E-state index < -0.39 is 11.7 Å². The lowest BCUT2D eigenvalue weighted by molar-refractivity contribution is -0.137. The Kier molecular flexibility index (Phi) is 4.19. The molecule has 0 saturated carbocycles. The van der Waals surface area contributed by atoms with Crippen LogP contribution in [0.1, 0.15) is 24.8 Å². The Morgan fingerprint density at radius 2 is 2.11 bits per heavy atom. The van der Waals surface area contributed by atoms with Gasteiger partial charge in [0.2, 0.25) is 0 Å². The van der Waals surface area contributed by atoms with E-state index in [1.54, 1.807) is 0 Å². The number of alkyl halides is 3. The van der Waals surface area contributed by atoms with Gasteiger partial charge in [-0.1, -0.05) is 0 Å². The van der Waals surface area contributed by atoms with Crippen LogP contribution in [0.4, 0.5) is 18.9 Å². The molecular formula is C13H16F3NO2. The summed E-state index contributed by atoms with van der Waals surface area (Å²) in [6, 6.07) is 3.10. The molecule has 1 aromatic carbocycles. The zero-order valence-corrected chi connectivity index (χ0v) is 10.4. The minimum absolute atomic E-state index is 0.00422. The third-order valence-corrected chi connectivity index (χ3v) is 3.04. The van der Waals surface area contributed by atoms with Crippen LogP contribution in [0.3, 0.4) is 0 Å². The zero-order valence-electron chi connectivity index (χ0n) is 10.4. The van der Waals surface area contributed by atoms with Crippen LogP contribution in [0.2, 0.25) is 0 Å². The van der Waals surface area contributed by atoms with Gasteiger partial charge in [-0.25, -0.2) is 0 Å². The number of hydrogen-bond donors (Lipinski definition) is 1. The summed E-state index contributed by atoms with van der Waals surface area (Å²) in [6.45, 7) is 1.02. The summed E-state index contributed by atoms with van der Waals surface area (Å²) in [5, 5.41) is 0. The van der Waals surface area contributed by atoms with Gasteiger partial charge in [0.05, 0.1) is 17.4 Å². The molecule has 1 aromatic rings. The number of halogens is 3. The summed E-state index contributed by atoms with van der Waals surface area (Å²) in [6.07, 6.45) is -1.37. The van der Waals surface area contributed by atoms with Crippen LogP contribution in [0.15, 0.2) is 18.2 Å². The lowest BCUT2D eigenvalue weighted by Crippen LogP contribution is -2.26. The summed E-state index contributed by atoms with van der Waals surface area (Å²) in [7, 11) is 0. The van der Waals surface area contributed by atoms with Crippen molar-refractivity contribution in [1.29, 1.82) is 0 Å². The first-order valence-electron chi connectivity index (χ1n) is 6.18. The summed E-state index contributed by atoms with van der Waals surface area (Å²) in [5.41, 5.74) is 4.79. The van der Waals surface area contributed by atoms with Crippen LogP contribution in [-0.2, 0) is 10.9 Å². The van der Waals surface area contributed by atoms with E-state index in [1.165, 1.54) is 6.07 Å². The zero-order chi connectivity index (χ0) is 13.9. The van der Waals surface area contributed by atoms with E-state index in [2.05, 4.69) is 0 Å². The molecule has 1 atom stereocenters. The maximum atomic E-state index is 12.5. The molecule has 1 saturated heterocycles. The minimum atomic E-state index is -4.39. The van der Waals surface area contributed by atoms with Crippen LogP contribution in [0, 0.1) is 0 Å². The Balaban J connectivity index is 1.97. The second-order valence-corrected chi connectivity index (χ2v) is 4.55. The van der Waals surface area contributed by atoms with Gasteiger partial charge in [-0.2, -0.15) is 13.2 Å². The van der Waals surface area contributed by atoms with Crippen LogP contribution < -0.4 is 10.5 Å². The number of benzene rings is 1. The summed E-state index contributed by atoms with van der Waals surface area (Å²) in [5.74, 6) is 0.266. The molecule has 0 bridgehead atoms. The van der Waals surface area contributed by atoms with Crippen LogP contribution in [0.25, 0.3) is 0 Å². The number of hydrogen-bond acceptors (Lipinski definition) is 3. The topological polar surface area (TPSA) is 44.5 Å². The average molecular weight is 275 g/mol. The fraction of sp³-hybridized carbons (Fsp3) is 0.538. The van der Waals surface area contributed by atoms with Crippen LogP contribution in [0.5, 0.6) is 5.75 Å². The summed E-state index contributed by atoms with van der Waals surface area (Å²) >= 11 is 0. The van der Waals surface area contributed by atoms with E-state index in [4.69, 9.17) is 15.2 Å². The predicted molar refractivity (Wildman–Crippen MR) is 64.9 cm³/mol. The van der Waals surface area contributed by atoms with Gasteiger partial charge in [-0.05, 0) is 37.5 Å². The molecule has 0 aromatic heterocycles. The highest BCUT2D eigenvalue weighted by Crippen LogP contribution is 2.33. The van der Waals surface area contributed by atoms with Crippen molar-refractivity contribution in [3.63, 3.8) is 0 Å². The number of ether oxygens (including phenoxy) is 2. The molecule has 1 heterocycles. The molecule has 0 spiro atoms. The first-order chi connectivity index (χ1) is 8.97. The number of nitrogens with two attached hydrogens (primary N) is 1. The van der Waals surface area contributed by atoms with Gasteiger partial charge in [0.1, 0.15) is 12.4 Å². The number of rotatable bonds is 3. The van der Waals surface area contributed by atoms with E-state index >= 15 is 0 Å². The molecule has 0 amide bonds. The maximum Gasteiger partial charge on any atom is 0.416 e. The predicted octanol–water partition coefficient (Wildman–Crippen LogP) is 3.24. The largest absolute Gasteiger partial charge is 0.489 e. The smallest absolute Gasteiger partial charge is 0.416 e. The van der Waals surface area contributed by atoms with Crippen molar-refractivity contribution in [1.82, 2.24) is 0 Å². The second-order valence-electron chi connectivity index (χ2n) is 4.55. The Hall–Kier alpha value is -1.43. The van der Waals surface area contributed by atoms with Crippen LogP contribution in [-0.4, -0.2) is 19.3 Å². The summed E-state index contributed by atoms with van der Waals surface area (Å²) in [4.78, 5) is 0. The third-order valence-electron chi connectivity index (χ3n) is 3.04. The lowest BCUT2D eigenvalue weighted by Gasteiger charge is -2.23. The van der Waals surface area contributed by atoms with Crippen molar-refractivity contribution < 1.29 is 22.6 Å². The fourth-order valence-corrected chi connectivity index (χ4v) is 1.98. The average Bonchev–Trinajstić information content (AvgIpc) is 2.37. The Labute approximate surface area is 109 Å².